The minimum absolute atomic E-state index is 0.183. The molecule has 0 radical (unpaired) electrons. The molecule has 194 valence electrons. The van der Waals surface area contributed by atoms with Gasteiger partial charge in [-0.15, -0.1) is 0 Å². The van der Waals surface area contributed by atoms with E-state index in [1.54, 1.807) is 25.2 Å². The van der Waals surface area contributed by atoms with E-state index in [1.807, 2.05) is 6.92 Å². The summed E-state index contributed by atoms with van der Waals surface area (Å²) in [5.41, 5.74) is -0.172. The monoisotopic (exact) mass is 525 g/mol. The van der Waals surface area contributed by atoms with Crippen molar-refractivity contribution in [2.75, 3.05) is 14.2 Å². The van der Waals surface area contributed by atoms with E-state index >= 15 is 0 Å². The van der Waals surface area contributed by atoms with Crippen LogP contribution >= 0.6 is 0 Å². The number of methoxy groups -OCH3 is 2. The van der Waals surface area contributed by atoms with Crippen LogP contribution in [0.25, 0.3) is 17.1 Å². The van der Waals surface area contributed by atoms with Gasteiger partial charge in [0.2, 0.25) is 15.7 Å². The zero-order valence-corrected chi connectivity index (χ0v) is 21.7. The summed E-state index contributed by atoms with van der Waals surface area (Å²) < 4.78 is 40.9. The number of hydrogen-bond acceptors (Lipinski definition) is 9. The summed E-state index contributed by atoms with van der Waals surface area (Å²) in [6, 6.07) is 10.7. The molecular weight excluding hydrogens is 498 g/mol. The lowest BCUT2D eigenvalue weighted by Gasteiger charge is -2.19. The van der Waals surface area contributed by atoms with Crippen molar-refractivity contribution < 1.29 is 23.0 Å². The van der Waals surface area contributed by atoms with Crippen LogP contribution in [0.15, 0.2) is 63.4 Å². The Bertz CT molecular complexity index is 1570. The number of ether oxygens (including phenoxy) is 2. The van der Waals surface area contributed by atoms with Crippen LogP contribution in [0.2, 0.25) is 0 Å². The normalized spacial score (nSPS) is 11.5. The molecule has 0 saturated heterocycles. The molecule has 0 bridgehead atoms. The Morgan fingerprint density at radius 3 is 2.22 bits per heavy atom. The van der Waals surface area contributed by atoms with Crippen LogP contribution in [0, 0.1) is 0 Å². The van der Waals surface area contributed by atoms with Gasteiger partial charge >= 0.3 is 0 Å². The second kappa shape index (κ2) is 10.4. The average Bonchev–Trinajstić information content (AvgIpc) is 3.33. The first-order valence-electron chi connectivity index (χ1n) is 11.5. The van der Waals surface area contributed by atoms with Crippen molar-refractivity contribution in [3.05, 3.63) is 65.0 Å². The summed E-state index contributed by atoms with van der Waals surface area (Å²) in [6.07, 6.45) is 3.28. The molecule has 1 N–H and O–H groups in total. The van der Waals surface area contributed by atoms with Crippen LogP contribution in [-0.4, -0.2) is 52.1 Å². The Balaban J connectivity index is 1.93. The number of unbranched alkanes of at least 4 members (excludes halogenated alkanes) is 1. The first-order valence-corrected chi connectivity index (χ1v) is 13.0. The molecule has 4 rings (SSSR count). The molecule has 0 spiro atoms. The van der Waals surface area contributed by atoms with E-state index in [0.717, 1.165) is 11.0 Å². The molecule has 37 heavy (non-hydrogen) atoms. The molecule has 0 aliphatic rings. The molecule has 11 nitrogen and oxygen atoms in total. The minimum atomic E-state index is -4.47. The molecule has 0 aliphatic heterocycles. The lowest BCUT2D eigenvalue weighted by atomic mass is 10.2. The van der Waals surface area contributed by atoms with Crippen molar-refractivity contribution in [3.8, 4) is 34.5 Å². The Morgan fingerprint density at radius 1 is 1.03 bits per heavy atom. The van der Waals surface area contributed by atoms with E-state index in [4.69, 9.17) is 9.47 Å². The standard InChI is InChI=1S/C25H27N5O6S/c1-5-6-10-20-27-24(31)22(25(32)30(20)21-18(35-3)8-7-9-19(21)36-4)37(33,34)17-13-11-16(12-14-17)23-26-15-29(2)28-23/h7-9,11-15,31H,5-6,10H2,1-4H3. The van der Waals surface area contributed by atoms with Crippen LogP contribution in [0.3, 0.4) is 0 Å². The highest BCUT2D eigenvalue weighted by Gasteiger charge is 2.31. The fraction of sp³-hybridized carbons (Fsp3) is 0.280. The van der Waals surface area contributed by atoms with Crippen LogP contribution < -0.4 is 15.0 Å². The smallest absolute Gasteiger partial charge is 0.281 e. The predicted molar refractivity (Wildman–Crippen MR) is 135 cm³/mol. The zero-order valence-electron chi connectivity index (χ0n) is 20.9. The highest BCUT2D eigenvalue weighted by molar-refractivity contribution is 7.91. The lowest BCUT2D eigenvalue weighted by molar-refractivity contribution is 0.386. The number of aromatic nitrogens is 5. The third-order valence-electron chi connectivity index (χ3n) is 5.76. The summed E-state index contributed by atoms with van der Waals surface area (Å²) >= 11 is 0. The number of benzene rings is 2. The summed E-state index contributed by atoms with van der Waals surface area (Å²) in [5, 5.41) is 14.9. The minimum Gasteiger partial charge on any atom is -0.494 e. The molecular formula is C25H27N5O6S. The van der Waals surface area contributed by atoms with Crippen molar-refractivity contribution in [1.82, 2.24) is 24.3 Å². The topological polar surface area (TPSA) is 138 Å². The zero-order chi connectivity index (χ0) is 26.7. The van der Waals surface area contributed by atoms with Gasteiger partial charge in [0, 0.05) is 19.0 Å². The fourth-order valence-electron chi connectivity index (χ4n) is 3.93. The number of aryl methyl sites for hydroxylation is 2. The lowest BCUT2D eigenvalue weighted by Crippen LogP contribution is -2.29. The molecule has 0 aliphatic carbocycles. The van der Waals surface area contributed by atoms with E-state index in [1.165, 1.54) is 49.5 Å². The van der Waals surface area contributed by atoms with Crippen molar-refractivity contribution in [3.63, 3.8) is 0 Å². The molecule has 0 atom stereocenters. The average molecular weight is 526 g/mol. The van der Waals surface area contributed by atoms with Gasteiger partial charge in [-0.2, -0.15) is 10.1 Å². The van der Waals surface area contributed by atoms with Crippen LogP contribution in [0.1, 0.15) is 25.6 Å². The van der Waals surface area contributed by atoms with Gasteiger partial charge in [0.05, 0.1) is 19.1 Å². The van der Waals surface area contributed by atoms with E-state index in [2.05, 4.69) is 15.1 Å². The number of para-hydroxylation sites is 1. The highest BCUT2D eigenvalue weighted by atomic mass is 32.2. The molecule has 2 aromatic heterocycles. The third-order valence-corrected chi connectivity index (χ3v) is 7.55. The Labute approximate surface area is 213 Å². The van der Waals surface area contributed by atoms with Gasteiger partial charge in [0.1, 0.15) is 29.3 Å². The van der Waals surface area contributed by atoms with Gasteiger partial charge in [0.25, 0.3) is 5.56 Å². The summed E-state index contributed by atoms with van der Waals surface area (Å²) in [7, 11) is 0.103. The molecule has 0 saturated carbocycles. The molecule has 2 heterocycles. The van der Waals surface area contributed by atoms with Crippen LogP contribution in [0.5, 0.6) is 17.4 Å². The number of nitrogens with zero attached hydrogens (tertiary/aromatic N) is 5. The maximum Gasteiger partial charge on any atom is 0.281 e. The number of rotatable bonds is 9. The first-order chi connectivity index (χ1) is 17.7. The van der Waals surface area contributed by atoms with E-state index in [0.29, 0.717) is 24.2 Å². The van der Waals surface area contributed by atoms with Crippen LogP contribution in [-0.2, 0) is 23.3 Å². The first kappa shape index (κ1) is 25.9. The summed E-state index contributed by atoms with van der Waals surface area (Å²) in [6.45, 7) is 1.97. The summed E-state index contributed by atoms with van der Waals surface area (Å²) in [5.74, 6) is 0.297. The molecule has 0 amide bonds. The van der Waals surface area contributed by atoms with Gasteiger partial charge in [-0.1, -0.05) is 19.4 Å². The van der Waals surface area contributed by atoms with Gasteiger partial charge < -0.3 is 14.6 Å². The van der Waals surface area contributed by atoms with Gasteiger partial charge in [-0.3, -0.25) is 14.0 Å². The van der Waals surface area contributed by atoms with E-state index in [-0.39, 0.29) is 27.9 Å². The Kier molecular flexibility index (Phi) is 7.30. The maximum atomic E-state index is 13.9. The molecule has 0 unspecified atom stereocenters. The van der Waals surface area contributed by atoms with E-state index < -0.39 is 26.2 Å². The largest absolute Gasteiger partial charge is 0.494 e. The van der Waals surface area contributed by atoms with Gasteiger partial charge in [-0.05, 0) is 42.8 Å². The SMILES string of the molecule is CCCCc1nc(O)c(S(=O)(=O)c2ccc(-c3ncn(C)n3)cc2)c(=O)n1-c1c(OC)cccc1OC. The number of sulfone groups is 1. The van der Waals surface area contributed by atoms with E-state index in [9.17, 15) is 18.3 Å². The Morgan fingerprint density at radius 2 is 1.68 bits per heavy atom. The second-order valence-corrected chi connectivity index (χ2v) is 10.1. The van der Waals surface area contributed by atoms with Crippen molar-refractivity contribution in [2.24, 2.45) is 7.05 Å². The molecule has 0 fully saturated rings. The van der Waals surface area contributed by atoms with Gasteiger partial charge in [-0.25, -0.2) is 13.4 Å². The van der Waals surface area contributed by atoms with Crippen molar-refractivity contribution in [1.29, 1.82) is 0 Å². The van der Waals surface area contributed by atoms with Crippen LogP contribution in [0.4, 0.5) is 0 Å². The quantitative estimate of drug-likeness (QED) is 0.349. The molecule has 12 heteroatoms. The molecule has 4 aromatic rings. The third kappa shape index (κ3) is 4.79. The van der Waals surface area contributed by atoms with Crippen molar-refractivity contribution >= 4 is 9.84 Å². The predicted octanol–water partition coefficient (Wildman–Crippen LogP) is 2.93. The van der Waals surface area contributed by atoms with Crippen molar-refractivity contribution in [2.45, 2.75) is 36.0 Å². The molecule has 2 aromatic carbocycles. The number of hydrogen-bond donors (Lipinski definition) is 1. The highest BCUT2D eigenvalue weighted by Crippen LogP contribution is 2.34. The fourth-order valence-corrected chi connectivity index (χ4v) is 5.27. The Hall–Kier alpha value is -4.19. The second-order valence-electron chi connectivity index (χ2n) is 8.21. The maximum absolute atomic E-state index is 13.9. The summed E-state index contributed by atoms with van der Waals surface area (Å²) in [4.78, 5) is 21.2. The van der Waals surface area contributed by atoms with Gasteiger partial charge in [0.15, 0.2) is 10.7 Å². The number of aromatic hydroxyl groups is 1.